The summed E-state index contributed by atoms with van der Waals surface area (Å²) in [6.45, 7) is 11.1. The molecular weight excluding hydrogens is 246 g/mol. The van der Waals surface area contributed by atoms with Gasteiger partial charge in [0, 0.05) is 6.04 Å². The molecule has 0 aliphatic carbocycles. The Morgan fingerprint density at radius 1 is 1.20 bits per heavy atom. The maximum Gasteiger partial charge on any atom is 0.0960 e. The molecule has 0 fully saturated rings. The molecule has 0 aliphatic rings. The van der Waals surface area contributed by atoms with Crippen molar-refractivity contribution < 1.29 is 0 Å². The zero-order chi connectivity index (χ0) is 14.5. The van der Waals surface area contributed by atoms with E-state index in [1.807, 2.05) is 6.33 Å². The van der Waals surface area contributed by atoms with E-state index in [0.29, 0.717) is 6.04 Å². The molecule has 3 heteroatoms. The second kappa shape index (κ2) is 6.89. The lowest BCUT2D eigenvalue weighted by Crippen LogP contribution is -2.17. The largest absolute Gasteiger partial charge is 0.328 e. The van der Waals surface area contributed by atoms with Crippen molar-refractivity contribution in [1.82, 2.24) is 14.9 Å². The molecular formula is C17H27N3. The van der Waals surface area contributed by atoms with E-state index in [4.69, 9.17) is 0 Å². The summed E-state index contributed by atoms with van der Waals surface area (Å²) in [6, 6.07) is 4.96. The molecule has 1 heterocycles. The lowest BCUT2D eigenvalue weighted by Gasteiger charge is -2.15. The molecule has 0 radical (unpaired) electrons. The lowest BCUT2D eigenvalue weighted by molar-refractivity contribution is 0.485. The number of imidazole rings is 1. The number of hydrogen-bond acceptors (Lipinski definition) is 2. The molecule has 110 valence electrons. The number of benzene rings is 1. The summed E-state index contributed by atoms with van der Waals surface area (Å²) in [5.41, 5.74) is 5.04. The minimum Gasteiger partial charge on any atom is -0.328 e. The topological polar surface area (TPSA) is 29.9 Å². The van der Waals surface area contributed by atoms with Crippen molar-refractivity contribution in [2.75, 3.05) is 13.1 Å². The van der Waals surface area contributed by atoms with Crippen LogP contribution in [0.2, 0.25) is 0 Å². The Balaban J connectivity index is 2.03. The maximum atomic E-state index is 4.55. The number of nitrogens with one attached hydrogen (secondary N) is 1. The summed E-state index contributed by atoms with van der Waals surface area (Å²) in [6.07, 6.45) is 5.61. The SMILES string of the molecule is CCCNCCCC(C)n1cnc2cc(C)c(C)cc21. The van der Waals surface area contributed by atoms with Crippen LogP contribution in [-0.2, 0) is 0 Å². The van der Waals surface area contributed by atoms with Crippen molar-refractivity contribution >= 4 is 11.0 Å². The Kier molecular flexibility index (Phi) is 5.18. The predicted octanol–water partition coefficient (Wildman–Crippen LogP) is 3.99. The van der Waals surface area contributed by atoms with Crippen LogP contribution in [-0.4, -0.2) is 22.6 Å². The number of fused-ring (bicyclic) bond motifs is 1. The van der Waals surface area contributed by atoms with Gasteiger partial charge in [-0.1, -0.05) is 6.92 Å². The Labute approximate surface area is 122 Å². The van der Waals surface area contributed by atoms with E-state index >= 15 is 0 Å². The van der Waals surface area contributed by atoms with Crippen LogP contribution in [0.4, 0.5) is 0 Å². The van der Waals surface area contributed by atoms with Crippen LogP contribution in [0.25, 0.3) is 11.0 Å². The minimum absolute atomic E-state index is 0.505. The summed E-state index contributed by atoms with van der Waals surface area (Å²) >= 11 is 0. The second-order valence-electron chi connectivity index (χ2n) is 5.82. The highest BCUT2D eigenvalue weighted by Crippen LogP contribution is 2.23. The Morgan fingerprint density at radius 3 is 2.70 bits per heavy atom. The normalized spacial score (nSPS) is 13.0. The van der Waals surface area contributed by atoms with Crippen LogP contribution in [0.15, 0.2) is 18.5 Å². The average Bonchev–Trinajstić information content (AvgIpc) is 2.82. The molecule has 1 atom stereocenters. The minimum atomic E-state index is 0.505. The lowest BCUT2D eigenvalue weighted by atomic mass is 10.1. The Hall–Kier alpha value is -1.35. The highest BCUT2D eigenvalue weighted by molar-refractivity contribution is 5.77. The Morgan fingerprint density at radius 2 is 1.95 bits per heavy atom. The van der Waals surface area contributed by atoms with Crippen LogP contribution in [0.5, 0.6) is 0 Å². The van der Waals surface area contributed by atoms with Gasteiger partial charge < -0.3 is 9.88 Å². The average molecular weight is 273 g/mol. The third-order valence-corrected chi connectivity index (χ3v) is 4.07. The molecule has 0 saturated heterocycles. The highest BCUT2D eigenvalue weighted by Gasteiger charge is 2.10. The molecule has 3 nitrogen and oxygen atoms in total. The summed E-state index contributed by atoms with van der Waals surface area (Å²) < 4.78 is 2.32. The number of nitrogens with zero attached hydrogens (tertiary/aromatic N) is 2. The quantitative estimate of drug-likeness (QED) is 0.773. The number of aromatic nitrogens is 2. The first kappa shape index (κ1) is 15.0. The van der Waals surface area contributed by atoms with Crippen molar-refractivity contribution in [2.24, 2.45) is 0 Å². The zero-order valence-electron chi connectivity index (χ0n) is 13.2. The molecule has 0 aliphatic heterocycles. The maximum absolute atomic E-state index is 4.55. The molecule has 1 unspecified atom stereocenters. The molecule has 1 aromatic carbocycles. The number of aryl methyl sites for hydroxylation is 2. The van der Waals surface area contributed by atoms with Gasteiger partial charge in [0.05, 0.1) is 17.4 Å². The molecule has 0 amide bonds. The number of rotatable bonds is 7. The summed E-state index contributed by atoms with van der Waals surface area (Å²) in [5, 5.41) is 3.46. The molecule has 1 N–H and O–H groups in total. The van der Waals surface area contributed by atoms with Crippen LogP contribution in [0.3, 0.4) is 0 Å². The monoisotopic (exact) mass is 273 g/mol. The van der Waals surface area contributed by atoms with E-state index in [-0.39, 0.29) is 0 Å². The third-order valence-electron chi connectivity index (χ3n) is 4.07. The van der Waals surface area contributed by atoms with Crippen LogP contribution in [0.1, 0.15) is 50.3 Å². The van der Waals surface area contributed by atoms with E-state index in [1.54, 1.807) is 0 Å². The van der Waals surface area contributed by atoms with Crippen molar-refractivity contribution in [3.63, 3.8) is 0 Å². The molecule has 0 bridgehead atoms. The van der Waals surface area contributed by atoms with E-state index in [9.17, 15) is 0 Å². The summed E-state index contributed by atoms with van der Waals surface area (Å²) in [7, 11) is 0. The first-order chi connectivity index (χ1) is 9.63. The van der Waals surface area contributed by atoms with E-state index in [2.05, 4.69) is 54.7 Å². The van der Waals surface area contributed by atoms with Gasteiger partial charge in [0.1, 0.15) is 0 Å². The smallest absolute Gasteiger partial charge is 0.0960 e. The molecule has 20 heavy (non-hydrogen) atoms. The Bertz CT molecular complexity index is 557. The van der Waals surface area contributed by atoms with Gasteiger partial charge in [-0.15, -0.1) is 0 Å². The predicted molar refractivity (Wildman–Crippen MR) is 86.3 cm³/mol. The van der Waals surface area contributed by atoms with Gasteiger partial charge in [0.2, 0.25) is 0 Å². The van der Waals surface area contributed by atoms with Gasteiger partial charge in [-0.3, -0.25) is 0 Å². The first-order valence-corrected chi connectivity index (χ1v) is 7.78. The van der Waals surface area contributed by atoms with Crippen molar-refractivity contribution in [3.8, 4) is 0 Å². The van der Waals surface area contributed by atoms with Crippen LogP contribution in [0, 0.1) is 13.8 Å². The summed E-state index contributed by atoms with van der Waals surface area (Å²) in [4.78, 5) is 4.55. The number of hydrogen-bond donors (Lipinski definition) is 1. The molecule has 2 rings (SSSR count). The van der Waals surface area contributed by atoms with Crippen molar-refractivity contribution in [2.45, 2.75) is 53.0 Å². The van der Waals surface area contributed by atoms with Crippen molar-refractivity contribution in [3.05, 3.63) is 29.6 Å². The van der Waals surface area contributed by atoms with Gasteiger partial charge in [-0.2, -0.15) is 0 Å². The fourth-order valence-corrected chi connectivity index (χ4v) is 2.60. The van der Waals surface area contributed by atoms with Crippen LogP contribution < -0.4 is 5.32 Å². The van der Waals surface area contributed by atoms with Gasteiger partial charge >= 0.3 is 0 Å². The molecule has 0 saturated carbocycles. The van der Waals surface area contributed by atoms with E-state index < -0.39 is 0 Å². The van der Waals surface area contributed by atoms with E-state index in [1.165, 1.54) is 35.9 Å². The second-order valence-corrected chi connectivity index (χ2v) is 5.82. The molecule has 2 aromatic rings. The fraction of sp³-hybridized carbons (Fsp3) is 0.588. The van der Waals surface area contributed by atoms with E-state index in [0.717, 1.165) is 18.6 Å². The van der Waals surface area contributed by atoms with Gasteiger partial charge in [-0.25, -0.2) is 4.98 Å². The molecule has 1 aromatic heterocycles. The zero-order valence-corrected chi connectivity index (χ0v) is 13.2. The van der Waals surface area contributed by atoms with Gasteiger partial charge in [-0.05, 0) is 76.4 Å². The first-order valence-electron chi connectivity index (χ1n) is 7.78. The molecule has 0 spiro atoms. The van der Waals surface area contributed by atoms with Gasteiger partial charge in [0.15, 0.2) is 0 Å². The van der Waals surface area contributed by atoms with Crippen LogP contribution >= 0.6 is 0 Å². The standard InChI is InChI=1S/C17H27N3/c1-5-8-18-9-6-7-15(4)20-12-19-16-10-13(2)14(3)11-17(16)20/h10-12,15,18H,5-9H2,1-4H3. The third kappa shape index (κ3) is 3.40. The summed E-state index contributed by atoms with van der Waals surface area (Å²) in [5.74, 6) is 0. The highest BCUT2D eigenvalue weighted by atomic mass is 15.1. The van der Waals surface area contributed by atoms with Crippen molar-refractivity contribution in [1.29, 1.82) is 0 Å². The van der Waals surface area contributed by atoms with Gasteiger partial charge in [0.25, 0.3) is 0 Å². The fourth-order valence-electron chi connectivity index (χ4n) is 2.60.